The molecule has 0 bridgehead atoms. The van der Waals surface area contributed by atoms with Crippen molar-refractivity contribution in [2.24, 2.45) is 5.10 Å². The number of aryl methyl sites for hydroxylation is 1. The van der Waals surface area contributed by atoms with Crippen molar-refractivity contribution in [2.75, 3.05) is 5.73 Å². The van der Waals surface area contributed by atoms with Gasteiger partial charge in [0, 0.05) is 18.3 Å². The van der Waals surface area contributed by atoms with Gasteiger partial charge in [0.2, 0.25) is 0 Å². The molecule has 0 aliphatic carbocycles. The van der Waals surface area contributed by atoms with Crippen LogP contribution in [0, 0.1) is 0 Å². The highest BCUT2D eigenvalue weighted by atomic mass is 15.3. The van der Waals surface area contributed by atoms with Crippen LogP contribution >= 0.6 is 0 Å². The number of unbranched alkanes of at least 4 members (excludes halogenated alkanes) is 1. The van der Waals surface area contributed by atoms with Crippen LogP contribution in [0.2, 0.25) is 0 Å². The van der Waals surface area contributed by atoms with Gasteiger partial charge < -0.3 is 11.2 Å². The van der Waals surface area contributed by atoms with Gasteiger partial charge in [-0.1, -0.05) is 19.4 Å². The monoisotopic (exact) mass is 244 g/mol. The molecule has 2 heterocycles. The molecule has 1 aromatic rings. The van der Waals surface area contributed by atoms with Crippen molar-refractivity contribution in [1.82, 2.24) is 10.4 Å². The molecule has 0 aromatic carbocycles. The molecule has 0 saturated heterocycles. The molecule has 0 fully saturated rings. The molecule has 96 valence electrons. The van der Waals surface area contributed by atoms with Gasteiger partial charge in [-0.05, 0) is 30.0 Å². The van der Waals surface area contributed by atoms with E-state index in [-0.39, 0.29) is 12.0 Å². The molecule has 0 spiro atoms. The Bertz CT molecular complexity index is 453. The Labute approximate surface area is 108 Å². The van der Waals surface area contributed by atoms with Crippen molar-refractivity contribution in [1.29, 1.82) is 0 Å². The fourth-order valence-electron chi connectivity index (χ4n) is 2.27. The van der Waals surface area contributed by atoms with Gasteiger partial charge in [-0.15, -0.1) is 6.58 Å². The predicted molar refractivity (Wildman–Crippen MR) is 75.6 cm³/mol. The van der Waals surface area contributed by atoms with E-state index in [1.807, 2.05) is 24.6 Å². The van der Waals surface area contributed by atoms with Crippen molar-refractivity contribution in [3.8, 4) is 0 Å². The lowest BCUT2D eigenvalue weighted by atomic mass is 9.89. The number of pyridine rings is 1. The number of hydrogen-bond donors (Lipinski definition) is 2. The van der Waals surface area contributed by atoms with E-state index in [1.165, 1.54) is 17.5 Å². The lowest BCUT2D eigenvalue weighted by Gasteiger charge is -2.18. The largest absolute Gasteiger partial charge is 0.384 e. The summed E-state index contributed by atoms with van der Waals surface area (Å²) in [5, 5.41) is 4.13. The van der Waals surface area contributed by atoms with E-state index in [9.17, 15) is 0 Å². The highest BCUT2D eigenvalue weighted by Crippen LogP contribution is 2.27. The summed E-state index contributed by atoms with van der Waals surface area (Å²) in [5.41, 5.74) is 11.3. The maximum atomic E-state index is 5.78. The Hall–Kier alpha value is -1.84. The molecule has 1 aliphatic heterocycles. The van der Waals surface area contributed by atoms with Crippen LogP contribution in [-0.4, -0.2) is 17.2 Å². The quantitative estimate of drug-likeness (QED) is 0.781. The van der Waals surface area contributed by atoms with E-state index in [2.05, 4.69) is 29.0 Å². The van der Waals surface area contributed by atoms with Gasteiger partial charge in [0.25, 0.3) is 0 Å². The number of nitrogens with zero attached hydrogens (tertiary/aromatic N) is 2. The molecular weight excluding hydrogens is 224 g/mol. The molecule has 2 unspecified atom stereocenters. The minimum atomic E-state index is 0.149. The highest BCUT2D eigenvalue weighted by molar-refractivity contribution is 5.72. The second kappa shape index (κ2) is 5.67. The SMILES string of the molecule is C=CC1NN=CC1c1cnc(N)cc1CCCC. The lowest BCUT2D eigenvalue weighted by molar-refractivity contribution is 0.638. The molecular formula is C14H20N4. The smallest absolute Gasteiger partial charge is 0.123 e. The standard InChI is InChI=1S/C14H20N4/c1-3-5-6-10-7-14(15)16-8-11(10)12-9-17-18-13(12)4-2/h4,7-9,12-13,18H,2-3,5-6H2,1H3,(H2,15,16). The van der Waals surface area contributed by atoms with Crippen LogP contribution in [0.15, 0.2) is 30.0 Å². The summed E-state index contributed by atoms with van der Waals surface area (Å²) in [4.78, 5) is 4.22. The Kier molecular flexibility index (Phi) is 3.97. The molecule has 2 rings (SSSR count). The lowest BCUT2D eigenvalue weighted by Crippen LogP contribution is -2.24. The van der Waals surface area contributed by atoms with Gasteiger partial charge >= 0.3 is 0 Å². The third-order valence-electron chi connectivity index (χ3n) is 3.30. The number of nitrogens with one attached hydrogen (secondary N) is 1. The molecule has 0 radical (unpaired) electrons. The molecule has 4 heteroatoms. The van der Waals surface area contributed by atoms with E-state index in [0.717, 1.165) is 12.8 Å². The van der Waals surface area contributed by atoms with Crippen molar-refractivity contribution >= 4 is 12.0 Å². The summed E-state index contributed by atoms with van der Waals surface area (Å²) in [7, 11) is 0. The van der Waals surface area contributed by atoms with Crippen LogP contribution in [0.5, 0.6) is 0 Å². The first-order chi connectivity index (χ1) is 8.76. The zero-order valence-corrected chi connectivity index (χ0v) is 10.8. The molecule has 0 amide bonds. The molecule has 1 aliphatic rings. The summed E-state index contributed by atoms with van der Waals surface area (Å²) in [6.45, 7) is 6.03. The fourth-order valence-corrected chi connectivity index (χ4v) is 2.27. The topological polar surface area (TPSA) is 63.3 Å². The average molecular weight is 244 g/mol. The molecule has 0 saturated carbocycles. The Morgan fingerprint density at radius 1 is 1.56 bits per heavy atom. The van der Waals surface area contributed by atoms with Crippen LogP contribution in [0.3, 0.4) is 0 Å². The van der Waals surface area contributed by atoms with E-state index in [1.54, 1.807) is 0 Å². The van der Waals surface area contributed by atoms with Crippen molar-refractivity contribution in [3.05, 3.63) is 36.0 Å². The van der Waals surface area contributed by atoms with E-state index >= 15 is 0 Å². The first-order valence-corrected chi connectivity index (χ1v) is 6.41. The maximum absolute atomic E-state index is 5.78. The van der Waals surface area contributed by atoms with E-state index in [4.69, 9.17) is 5.73 Å². The van der Waals surface area contributed by atoms with Gasteiger partial charge in [-0.2, -0.15) is 5.10 Å². The van der Waals surface area contributed by atoms with Crippen molar-refractivity contribution < 1.29 is 0 Å². The number of aromatic nitrogens is 1. The van der Waals surface area contributed by atoms with Crippen LogP contribution in [-0.2, 0) is 6.42 Å². The summed E-state index contributed by atoms with van der Waals surface area (Å²) in [6.07, 6.45) is 9.05. The molecule has 18 heavy (non-hydrogen) atoms. The van der Waals surface area contributed by atoms with Gasteiger partial charge in [0.1, 0.15) is 5.82 Å². The minimum Gasteiger partial charge on any atom is -0.384 e. The van der Waals surface area contributed by atoms with Gasteiger partial charge in [0.15, 0.2) is 0 Å². The van der Waals surface area contributed by atoms with Crippen LogP contribution < -0.4 is 11.2 Å². The first kappa shape index (κ1) is 12.6. The first-order valence-electron chi connectivity index (χ1n) is 6.41. The Balaban J connectivity index is 2.30. The fraction of sp³-hybridized carbons (Fsp3) is 0.429. The number of hydrazone groups is 1. The number of rotatable bonds is 5. The van der Waals surface area contributed by atoms with Gasteiger partial charge in [0.05, 0.1) is 6.04 Å². The van der Waals surface area contributed by atoms with Crippen LogP contribution in [0.25, 0.3) is 0 Å². The Morgan fingerprint density at radius 2 is 2.39 bits per heavy atom. The normalized spacial score (nSPS) is 21.8. The van der Waals surface area contributed by atoms with Gasteiger partial charge in [-0.25, -0.2) is 4.98 Å². The molecule has 3 N–H and O–H groups in total. The number of nitrogen functional groups attached to an aromatic ring is 1. The van der Waals surface area contributed by atoms with E-state index < -0.39 is 0 Å². The summed E-state index contributed by atoms with van der Waals surface area (Å²) in [6, 6.07) is 2.13. The Morgan fingerprint density at radius 3 is 3.11 bits per heavy atom. The van der Waals surface area contributed by atoms with Crippen molar-refractivity contribution in [2.45, 2.75) is 38.1 Å². The maximum Gasteiger partial charge on any atom is 0.123 e. The van der Waals surface area contributed by atoms with E-state index in [0.29, 0.717) is 5.82 Å². The summed E-state index contributed by atoms with van der Waals surface area (Å²) in [5.74, 6) is 0.797. The third-order valence-corrected chi connectivity index (χ3v) is 3.30. The zero-order valence-electron chi connectivity index (χ0n) is 10.8. The third kappa shape index (κ3) is 2.53. The van der Waals surface area contributed by atoms with Crippen LogP contribution in [0.4, 0.5) is 5.82 Å². The number of hydrogen-bond acceptors (Lipinski definition) is 4. The number of anilines is 1. The minimum absolute atomic E-state index is 0.149. The number of nitrogens with two attached hydrogens (primary N) is 1. The molecule has 4 nitrogen and oxygen atoms in total. The average Bonchev–Trinajstić information content (AvgIpc) is 2.84. The molecule has 2 atom stereocenters. The zero-order chi connectivity index (χ0) is 13.0. The van der Waals surface area contributed by atoms with Gasteiger partial charge in [-0.3, -0.25) is 0 Å². The predicted octanol–water partition coefficient (Wildman–Crippen LogP) is 2.23. The molecule has 1 aromatic heterocycles. The van der Waals surface area contributed by atoms with Crippen LogP contribution in [0.1, 0.15) is 36.8 Å². The second-order valence-electron chi connectivity index (χ2n) is 4.61. The highest BCUT2D eigenvalue weighted by Gasteiger charge is 2.25. The summed E-state index contributed by atoms with van der Waals surface area (Å²) >= 11 is 0. The second-order valence-corrected chi connectivity index (χ2v) is 4.61. The van der Waals surface area contributed by atoms with Crippen molar-refractivity contribution in [3.63, 3.8) is 0 Å². The summed E-state index contributed by atoms with van der Waals surface area (Å²) < 4.78 is 0.